The van der Waals surface area contributed by atoms with Crippen LogP contribution in [0.25, 0.3) is 66.9 Å². The van der Waals surface area contributed by atoms with Crippen LogP contribution in [0.5, 0.6) is 11.5 Å². The van der Waals surface area contributed by atoms with Crippen LogP contribution in [-0.4, -0.2) is 113 Å². The lowest BCUT2D eigenvalue weighted by atomic mass is 9.94. The third kappa shape index (κ3) is 28.1. The minimum atomic E-state index is 0.176. The molecule has 0 bridgehead atoms. The molecule has 1 fully saturated rings. The fraction of sp³-hybridized carbons (Fsp3) is 0.286. The van der Waals surface area contributed by atoms with Crippen molar-refractivity contribution in [1.82, 2.24) is 4.98 Å². The summed E-state index contributed by atoms with van der Waals surface area (Å²) in [6.45, 7) is 12.8. The molecule has 0 atom stereocenters. The first-order valence-corrected chi connectivity index (χ1v) is 39.1. The maximum Gasteiger partial charge on any atom is 0.227 e. The molecule has 0 N–H and O–H groups in total. The zero-order valence-corrected chi connectivity index (χ0v) is 69.2. The van der Waals surface area contributed by atoms with Crippen LogP contribution < -0.4 is 14.4 Å². The molecule has 0 spiro atoms. The van der Waals surface area contributed by atoms with Crippen LogP contribution in [0.1, 0.15) is 76.3 Å². The molecule has 111 heavy (non-hydrogen) atoms. The lowest BCUT2D eigenvalue weighted by Gasteiger charge is -2.18. The SMILES string of the molecule is COCCOCCOc1ccc(-c2ccc(Cl)cc2)c(COC)c1.COCCOc1ccc(-c2ccc(Cl)cc2)c(COC)c1.COCc1cc(-c2csc(C)n2)ccc1-c1ccc(Cl)cc1.COCc1cc(C(=O)CC(C)C)ccc1-c1ccc(Cl)cc1.COCc1cc(N2CCCC2=O)ccc1-c1ccc(Cl)cc1. The Morgan fingerprint density at radius 3 is 1.14 bits per heavy atom. The van der Waals surface area contributed by atoms with Crippen molar-refractivity contribution in [3.05, 3.63) is 281 Å². The second-order valence-corrected chi connectivity index (χ2v) is 29.4. The lowest BCUT2D eigenvalue weighted by molar-refractivity contribution is -0.117. The Labute approximate surface area is 683 Å². The van der Waals surface area contributed by atoms with Gasteiger partial charge in [-0.05, 0) is 212 Å². The van der Waals surface area contributed by atoms with E-state index in [9.17, 15) is 9.59 Å². The first kappa shape index (κ1) is 88.3. The number of ketones is 1. The minimum absolute atomic E-state index is 0.176. The number of carbonyl (C=O) groups excluding carboxylic acids is 2. The number of halogens is 5. The number of methoxy groups -OCH3 is 7. The van der Waals surface area contributed by atoms with E-state index in [0.717, 1.165) is 156 Å². The topological polar surface area (TPSA) is 143 Å². The number of aryl methyl sites for hydroxylation is 1. The summed E-state index contributed by atoms with van der Waals surface area (Å²) in [6, 6.07) is 69.2. The van der Waals surface area contributed by atoms with Crippen molar-refractivity contribution in [2.75, 3.05) is 101 Å². The number of Topliss-reactive ketones (excluding diaryl/α,β-unsaturated/α-hetero) is 1. The van der Waals surface area contributed by atoms with Gasteiger partial charge in [0.15, 0.2) is 5.78 Å². The number of thiazole rings is 1. The summed E-state index contributed by atoms with van der Waals surface area (Å²) in [7, 11) is 11.7. The number of ether oxygens (including phenoxy) is 10. The molecule has 10 aromatic carbocycles. The van der Waals surface area contributed by atoms with Crippen LogP contribution in [0, 0.1) is 12.8 Å². The molecule has 1 saturated heterocycles. The summed E-state index contributed by atoms with van der Waals surface area (Å²) in [5.41, 5.74) is 20.3. The van der Waals surface area contributed by atoms with E-state index < -0.39 is 0 Å². The van der Waals surface area contributed by atoms with E-state index in [-0.39, 0.29) is 11.7 Å². The first-order valence-electron chi connectivity index (χ1n) is 36.3. The maximum atomic E-state index is 12.2. The number of anilines is 1. The van der Waals surface area contributed by atoms with Gasteiger partial charge in [-0.25, -0.2) is 4.98 Å². The Hall–Kier alpha value is -8.30. The number of nitrogens with zero attached hydrogens (tertiary/aromatic N) is 2. The molecular weight excluding hydrogens is 1520 g/mol. The van der Waals surface area contributed by atoms with E-state index in [1.165, 1.54) is 0 Å². The second-order valence-electron chi connectivity index (χ2n) is 26.1. The summed E-state index contributed by atoms with van der Waals surface area (Å²) in [5, 5.41) is 6.78. The highest BCUT2D eigenvalue weighted by Gasteiger charge is 2.23. The smallest absolute Gasteiger partial charge is 0.227 e. The van der Waals surface area contributed by atoms with Crippen molar-refractivity contribution in [2.45, 2.75) is 73.1 Å². The minimum Gasteiger partial charge on any atom is -0.491 e. The average Bonchev–Trinajstić information content (AvgIpc) is 0.975. The van der Waals surface area contributed by atoms with Crippen LogP contribution in [0.4, 0.5) is 5.69 Å². The third-order valence-electron chi connectivity index (χ3n) is 17.4. The normalized spacial score (nSPS) is 11.6. The highest BCUT2D eigenvalue weighted by molar-refractivity contribution is 7.09. The summed E-state index contributed by atoms with van der Waals surface area (Å²) >= 11 is 31.4. The number of hydrogen-bond donors (Lipinski definition) is 0. The molecule has 0 aliphatic carbocycles. The van der Waals surface area contributed by atoms with E-state index in [0.29, 0.717) is 96.5 Å². The van der Waals surface area contributed by atoms with Crippen LogP contribution >= 0.6 is 69.3 Å². The van der Waals surface area contributed by atoms with E-state index in [1.54, 1.807) is 61.1 Å². The number of hydrogen-bond acceptors (Lipinski definition) is 14. The largest absolute Gasteiger partial charge is 0.491 e. The number of aromatic nitrogens is 1. The van der Waals surface area contributed by atoms with Crippen LogP contribution in [0.2, 0.25) is 25.1 Å². The van der Waals surface area contributed by atoms with E-state index in [2.05, 4.69) is 54.5 Å². The van der Waals surface area contributed by atoms with Gasteiger partial charge in [-0.15, -0.1) is 11.3 Å². The van der Waals surface area contributed by atoms with Crippen LogP contribution in [-0.2, 0) is 75.7 Å². The zero-order chi connectivity index (χ0) is 79.4. The van der Waals surface area contributed by atoms with Crippen LogP contribution in [0.15, 0.2) is 218 Å². The highest BCUT2D eigenvalue weighted by atomic mass is 35.5. The Balaban J connectivity index is 0.000000174. The van der Waals surface area contributed by atoms with Crippen LogP contribution in [0.3, 0.4) is 0 Å². The van der Waals surface area contributed by atoms with Gasteiger partial charge in [0, 0.05) is 116 Å². The van der Waals surface area contributed by atoms with Crippen molar-refractivity contribution < 1.29 is 57.0 Å². The van der Waals surface area contributed by atoms with Crippen molar-refractivity contribution in [1.29, 1.82) is 0 Å². The third-order valence-corrected chi connectivity index (χ3v) is 19.5. The van der Waals surface area contributed by atoms with Gasteiger partial charge in [-0.1, -0.05) is 175 Å². The quantitative estimate of drug-likeness (QED) is 0.0301. The molecule has 0 saturated carbocycles. The van der Waals surface area contributed by atoms with Gasteiger partial charge in [-0.2, -0.15) is 0 Å². The molecule has 584 valence electrons. The Kier molecular flexibility index (Phi) is 37.6. The Morgan fingerprint density at radius 1 is 0.414 bits per heavy atom. The summed E-state index contributed by atoms with van der Waals surface area (Å²) in [6.07, 6.45) is 2.13. The molecule has 1 aromatic heterocycles. The van der Waals surface area contributed by atoms with Gasteiger partial charge in [-0.3, -0.25) is 9.59 Å². The van der Waals surface area contributed by atoms with Crippen molar-refractivity contribution in [3.8, 4) is 78.4 Å². The zero-order valence-electron chi connectivity index (χ0n) is 64.6. The van der Waals surface area contributed by atoms with E-state index >= 15 is 0 Å². The van der Waals surface area contributed by atoms with E-state index in [1.807, 2.05) is 194 Å². The number of amides is 1. The highest BCUT2D eigenvalue weighted by Crippen LogP contribution is 2.36. The number of benzene rings is 10. The summed E-state index contributed by atoms with van der Waals surface area (Å²) in [5.74, 6) is 2.35. The van der Waals surface area contributed by atoms with Crippen molar-refractivity contribution >= 4 is 86.7 Å². The summed E-state index contributed by atoms with van der Waals surface area (Å²) in [4.78, 5) is 30.6. The molecule has 0 unspecified atom stereocenters. The fourth-order valence-corrected chi connectivity index (χ4v) is 13.4. The first-order chi connectivity index (χ1) is 53.8. The summed E-state index contributed by atoms with van der Waals surface area (Å²) < 4.78 is 53.3. The molecule has 2 heterocycles. The molecule has 1 amide bonds. The predicted molar refractivity (Wildman–Crippen MR) is 455 cm³/mol. The van der Waals surface area contributed by atoms with Gasteiger partial charge < -0.3 is 52.3 Å². The number of rotatable bonds is 31. The maximum absolute atomic E-state index is 12.2. The van der Waals surface area contributed by atoms with Gasteiger partial charge in [0.1, 0.15) is 24.7 Å². The number of carbonyl (C=O) groups is 2. The van der Waals surface area contributed by atoms with Gasteiger partial charge in [0.25, 0.3) is 0 Å². The molecule has 1 aliphatic heterocycles. The molecule has 12 rings (SSSR count). The molecule has 20 heteroatoms. The predicted octanol–water partition coefficient (Wildman–Crippen LogP) is 23.6. The van der Waals surface area contributed by atoms with Gasteiger partial charge >= 0.3 is 0 Å². The average molecular weight is 1620 g/mol. The molecule has 14 nitrogen and oxygen atoms in total. The molecule has 11 aromatic rings. The Bertz CT molecular complexity index is 4660. The van der Waals surface area contributed by atoms with Gasteiger partial charge in [0.2, 0.25) is 5.91 Å². The van der Waals surface area contributed by atoms with Crippen molar-refractivity contribution in [2.24, 2.45) is 5.92 Å². The molecule has 1 aliphatic rings. The van der Waals surface area contributed by atoms with E-state index in [4.69, 9.17) is 105 Å². The standard InChI is InChI=1S/C19H23ClO4.C19H21ClO2.C18H18ClNO2.C18H16ClNOS.C17H19ClO3/c1-21-9-10-23-11-12-24-18-7-8-19(16(13-18)14-22-2)15-3-5-17(20)6-4-15;1-13(2)10-19(21)15-6-9-18(16(11-15)12-22-3)14-4-7-17(20)8-5-14;1-22-12-14-11-16(20-10-2-3-18(20)21)8-9-17(14)13-4-6-15(19)7-5-13;1-12-20-18(11-22-12)14-5-8-17(15(9-14)10-21-2)13-3-6-16(19)7-4-13;1-19-9-10-21-16-7-8-17(14(11-16)12-20-2)13-3-5-15(18)6-4-13/h3-8,13H,9-12,14H2,1-2H3;4-9,11,13H,10,12H2,1-3H3;4-9,11H,2-3,10,12H2,1H3;3-9,11H,10H2,1-2H3;3-8,11H,9-10,12H2,1-2H3. The monoisotopic (exact) mass is 1620 g/mol. The van der Waals surface area contributed by atoms with Crippen molar-refractivity contribution in [3.63, 3.8) is 0 Å². The fourth-order valence-electron chi connectivity index (χ4n) is 12.1. The second kappa shape index (κ2) is 47.3. The lowest BCUT2D eigenvalue weighted by Crippen LogP contribution is -2.23. The Morgan fingerprint density at radius 2 is 0.766 bits per heavy atom. The molecule has 0 radical (unpaired) electrons. The van der Waals surface area contributed by atoms with Gasteiger partial charge in [0.05, 0.1) is 70.2 Å². The molecular formula is C91H97Cl5N2O12S.